The third-order valence-corrected chi connectivity index (χ3v) is 4.43. The minimum atomic E-state index is -0.546. The van der Waals surface area contributed by atoms with Crippen molar-refractivity contribution >= 4 is 0 Å². The van der Waals surface area contributed by atoms with Crippen molar-refractivity contribution in [3.8, 4) is 0 Å². The number of hydrogen-bond acceptors (Lipinski definition) is 3. The van der Waals surface area contributed by atoms with E-state index >= 15 is 0 Å². The summed E-state index contributed by atoms with van der Waals surface area (Å²) in [5.41, 5.74) is 0. The lowest BCUT2D eigenvalue weighted by Gasteiger charge is -2.47. The highest BCUT2D eigenvalue weighted by molar-refractivity contribution is 4.90. The molecule has 1 aliphatic heterocycles. The van der Waals surface area contributed by atoms with Gasteiger partial charge in [0.1, 0.15) is 0 Å². The lowest BCUT2D eigenvalue weighted by Crippen LogP contribution is -2.53. The molecule has 106 valence electrons. The fourth-order valence-electron chi connectivity index (χ4n) is 3.96. The molecule has 1 unspecified atom stereocenters. The molecule has 2 rings (SSSR count). The quantitative estimate of drug-likeness (QED) is 0.784. The maximum absolute atomic E-state index is 9.75. The largest absolute Gasteiger partial charge is 0.396 e. The van der Waals surface area contributed by atoms with Gasteiger partial charge in [-0.15, -0.1) is 0 Å². The van der Waals surface area contributed by atoms with Gasteiger partial charge in [-0.25, -0.2) is 0 Å². The first kappa shape index (κ1) is 14.3. The van der Waals surface area contributed by atoms with Gasteiger partial charge in [0, 0.05) is 12.3 Å². The van der Waals surface area contributed by atoms with Crippen molar-refractivity contribution in [2.75, 3.05) is 6.61 Å². The van der Waals surface area contributed by atoms with E-state index in [9.17, 15) is 5.11 Å². The zero-order valence-corrected chi connectivity index (χ0v) is 12.2. The molecular formula is C15H28O3. The molecule has 1 spiro atoms. The van der Waals surface area contributed by atoms with Gasteiger partial charge in [0.2, 0.25) is 0 Å². The molecule has 0 radical (unpaired) electrons. The van der Waals surface area contributed by atoms with Crippen LogP contribution in [0.5, 0.6) is 0 Å². The van der Waals surface area contributed by atoms with Crippen molar-refractivity contribution in [3.63, 3.8) is 0 Å². The van der Waals surface area contributed by atoms with E-state index in [0.717, 1.165) is 19.3 Å². The van der Waals surface area contributed by atoms with Crippen LogP contribution in [0, 0.1) is 17.8 Å². The Morgan fingerprint density at radius 1 is 0.944 bits per heavy atom. The number of hydrogen-bond donors (Lipinski definition) is 1. The third-order valence-electron chi connectivity index (χ3n) is 4.43. The standard InChI is InChI=1S/C15H28O3/c1-10-5-11(2)8-15(14(6-10)9-16)17-12(3)7-13(4)18-15/h10-14,16H,5-9H2,1-4H3/t10-,11-,12-,13+,14-,15?/m1/s1. The van der Waals surface area contributed by atoms with Crippen LogP contribution in [0.1, 0.15) is 53.4 Å². The van der Waals surface area contributed by atoms with Crippen LogP contribution in [-0.4, -0.2) is 29.7 Å². The molecule has 1 aliphatic carbocycles. The Hall–Kier alpha value is -0.120. The van der Waals surface area contributed by atoms with Gasteiger partial charge in [-0.05, 0) is 44.9 Å². The summed E-state index contributed by atoms with van der Waals surface area (Å²) in [7, 11) is 0. The van der Waals surface area contributed by atoms with Crippen molar-refractivity contribution in [1.82, 2.24) is 0 Å². The molecule has 0 aromatic rings. The van der Waals surface area contributed by atoms with Crippen molar-refractivity contribution in [2.45, 2.75) is 71.4 Å². The van der Waals surface area contributed by atoms with Gasteiger partial charge in [0.05, 0.1) is 18.8 Å². The molecular weight excluding hydrogens is 228 g/mol. The lowest BCUT2D eigenvalue weighted by atomic mass is 9.89. The fourth-order valence-corrected chi connectivity index (χ4v) is 3.96. The number of ether oxygens (including phenoxy) is 2. The number of rotatable bonds is 1. The van der Waals surface area contributed by atoms with Crippen molar-refractivity contribution in [1.29, 1.82) is 0 Å². The Balaban J connectivity index is 2.24. The molecule has 0 aromatic carbocycles. The van der Waals surface area contributed by atoms with E-state index in [1.54, 1.807) is 0 Å². The topological polar surface area (TPSA) is 38.7 Å². The van der Waals surface area contributed by atoms with E-state index in [0.29, 0.717) is 11.8 Å². The number of aliphatic hydroxyl groups is 1. The Labute approximate surface area is 111 Å². The number of aliphatic hydroxyl groups excluding tert-OH is 1. The maximum Gasteiger partial charge on any atom is 0.174 e. The van der Waals surface area contributed by atoms with Crippen LogP contribution in [0.15, 0.2) is 0 Å². The Kier molecular flexibility index (Phi) is 4.35. The van der Waals surface area contributed by atoms with E-state index in [1.165, 1.54) is 6.42 Å². The van der Waals surface area contributed by atoms with Gasteiger partial charge in [-0.3, -0.25) is 0 Å². The van der Waals surface area contributed by atoms with Gasteiger partial charge in [-0.1, -0.05) is 13.8 Å². The van der Waals surface area contributed by atoms with Crippen molar-refractivity contribution in [3.05, 3.63) is 0 Å². The van der Waals surface area contributed by atoms with Crippen LogP contribution < -0.4 is 0 Å². The second-order valence-corrected chi connectivity index (χ2v) is 6.67. The average Bonchev–Trinajstić information content (AvgIpc) is 2.33. The molecule has 2 fully saturated rings. The fraction of sp³-hybridized carbons (Fsp3) is 1.00. The average molecular weight is 256 g/mol. The summed E-state index contributed by atoms with van der Waals surface area (Å²) < 4.78 is 12.4. The van der Waals surface area contributed by atoms with Crippen LogP contribution in [0.2, 0.25) is 0 Å². The minimum Gasteiger partial charge on any atom is -0.396 e. The molecule has 1 N–H and O–H groups in total. The SMILES string of the molecule is C[C@@H]1C[C@@H](C)CC2(O[C@H](C)C[C@H](C)O2)[C@@H](CO)C1. The Morgan fingerprint density at radius 3 is 2.11 bits per heavy atom. The highest BCUT2D eigenvalue weighted by Gasteiger charge is 2.49. The van der Waals surface area contributed by atoms with E-state index in [1.807, 2.05) is 0 Å². The predicted octanol–water partition coefficient (Wildman–Crippen LogP) is 2.96. The first-order valence-corrected chi connectivity index (χ1v) is 7.41. The molecule has 2 aliphatic rings. The van der Waals surface area contributed by atoms with Crippen LogP contribution in [0.25, 0.3) is 0 Å². The molecule has 0 aromatic heterocycles. The summed E-state index contributed by atoms with van der Waals surface area (Å²) in [4.78, 5) is 0. The van der Waals surface area contributed by atoms with Crippen LogP contribution >= 0.6 is 0 Å². The second kappa shape index (κ2) is 5.48. The minimum absolute atomic E-state index is 0.114. The summed E-state index contributed by atoms with van der Waals surface area (Å²) in [5, 5.41) is 9.75. The van der Waals surface area contributed by atoms with Crippen molar-refractivity contribution < 1.29 is 14.6 Å². The highest BCUT2D eigenvalue weighted by atomic mass is 16.7. The molecule has 1 heterocycles. The van der Waals surface area contributed by atoms with Crippen LogP contribution in [0.3, 0.4) is 0 Å². The third kappa shape index (κ3) is 2.89. The monoisotopic (exact) mass is 256 g/mol. The summed E-state index contributed by atoms with van der Waals surface area (Å²) >= 11 is 0. The first-order chi connectivity index (χ1) is 8.45. The molecule has 0 bridgehead atoms. The molecule has 1 saturated heterocycles. The maximum atomic E-state index is 9.75. The second-order valence-electron chi connectivity index (χ2n) is 6.67. The lowest BCUT2D eigenvalue weighted by molar-refractivity contribution is -0.342. The molecule has 1 saturated carbocycles. The zero-order valence-electron chi connectivity index (χ0n) is 12.2. The summed E-state index contributed by atoms with van der Waals surface area (Å²) in [6.07, 6.45) is 4.52. The smallest absolute Gasteiger partial charge is 0.174 e. The van der Waals surface area contributed by atoms with E-state index in [4.69, 9.17) is 9.47 Å². The van der Waals surface area contributed by atoms with Gasteiger partial charge in [0.15, 0.2) is 5.79 Å². The first-order valence-electron chi connectivity index (χ1n) is 7.41. The predicted molar refractivity (Wildman–Crippen MR) is 71.2 cm³/mol. The highest BCUT2D eigenvalue weighted by Crippen LogP contribution is 2.44. The van der Waals surface area contributed by atoms with E-state index < -0.39 is 5.79 Å². The summed E-state index contributed by atoms with van der Waals surface area (Å²) in [5.74, 6) is 0.795. The van der Waals surface area contributed by atoms with Crippen LogP contribution in [0.4, 0.5) is 0 Å². The molecule has 6 atom stereocenters. The Bertz CT molecular complexity index is 269. The van der Waals surface area contributed by atoms with Gasteiger partial charge >= 0.3 is 0 Å². The zero-order chi connectivity index (χ0) is 13.3. The van der Waals surface area contributed by atoms with Crippen molar-refractivity contribution in [2.24, 2.45) is 17.8 Å². The normalized spacial score (nSPS) is 50.2. The van der Waals surface area contributed by atoms with Gasteiger partial charge in [0.25, 0.3) is 0 Å². The summed E-state index contributed by atoms with van der Waals surface area (Å²) in [6, 6.07) is 0. The van der Waals surface area contributed by atoms with Gasteiger partial charge in [-0.2, -0.15) is 0 Å². The van der Waals surface area contributed by atoms with E-state index in [-0.39, 0.29) is 24.7 Å². The van der Waals surface area contributed by atoms with Gasteiger partial charge < -0.3 is 14.6 Å². The molecule has 3 heteroatoms. The molecule has 3 nitrogen and oxygen atoms in total. The van der Waals surface area contributed by atoms with Crippen LogP contribution in [-0.2, 0) is 9.47 Å². The molecule has 0 amide bonds. The Morgan fingerprint density at radius 2 is 1.56 bits per heavy atom. The molecule has 18 heavy (non-hydrogen) atoms. The summed E-state index contributed by atoms with van der Waals surface area (Å²) in [6.45, 7) is 8.95. The van der Waals surface area contributed by atoms with E-state index in [2.05, 4.69) is 27.7 Å².